The number of amides is 1. The van der Waals surface area contributed by atoms with E-state index in [1.54, 1.807) is 54.3 Å². The van der Waals surface area contributed by atoms with Crippen LogP contribution in [-0.4, -0.2) is 51.4 Å². The molecule has 0 unspecified atom stereocenters. The van der Waals surface area contributed by atoms with Crippen LogP contribution in [0.2, 0.25) is 0 Å². The molecule has 0 spiro atoms. The molecule has 3 aromatic rings. The summed E-state index contributed by atoms with van der Waals surface area (Å²) in [5, 5.41) is 0. The van der Waals surface area contributed by atoms with Crippen LogP contribution >= 0.6 is 0 Å². The number of rotatable bonds is 9. The predicted molar refractivity (Wildman–Crippen MR) is 140 cm³/mol. The van der Waals surface area contributed by atoms with Gasteiger partial charge in [0, 0.05) is 13.1 Å². The smallest absolute Gasteiger partial charge is 0.309 e. The monoisotopic (exact) mass is 522 g/mol. The van der Waals surface area contributed by atoms with Gasteiger partial charge in [-0.15, -0.1) is 0 Å². The SMILES string of the molecule is CCOC(=O)C1CCN(C(=O)CN(c2ccc(Oc3ccccc3)cc2)S(=O)(=O)c2ccccc2)CC1. The molecule has 0 bridgehead atoms. The number of sulfonamides is 1. The van der Waals surface area contributed by atoms with Crippen molar-refractivity contribution in [3.63, 3.8) is 0 Å². The summed E-state index contributed by atoms with van der Waals surface area (Å²) in [6.45, 7) is 2.45. The van der Waals surface area contributed by atoms with Gasteiger partial charge >= 0.3 is 5.97 Å². The Morgan fingerprint density at radius 1 is 0.865 bits per heavy atom. The Balaban J connectivity index is 1.53. The molecule has 9 heteroatoms. The van der Waals surface area contributed by atoms with Crippen molar-refractivity contribution >= 4 is 27.6 Å². The third-order valence-corrected chi connectivity index (χ3v) is 7.97. The Morgan fingerprint density at radius 2 is 1.43 bits per heavy atom. The second-order valence-electron chi connectivity index (χ2n) is 8.64. The van der Waals surface area contributed by atoms with Gasteiger partial charge in [-0.2, -0.15) is 0 Å². The second kappa shape index (κ2) is 11.9. The number of likely N-dealkylation sites (tertiary alicyclic amines) is 1. The summed E-state index contributed by atoms with van der Waals surface area (Å²) < 4.78 is 39.3. The van der Waals surface area contributed by atoms with Crippen molar-refractivity contribution in [1.29, 1.82) is 0 Å². The van der Waals surface area contributed by atoms with Gasteiger partial charge in [0.2, 0.25) is 5.91 Å². The number of hydrogen-bond donors (Lipinski definition) is 0. The summed E-state index contributed by atoms with van der Waals surface area (Å²) in [6.07, 6.45) is 0.975. The first-order valence-corrected chi connectivity index (χ1v) is 13.7. The van der Waals surface area contributed by atoms with Crippen molar-refractivity contribution in [2.24, 2.45) is 5.92 Å². The van der Waals surface area contributed by atoms with Crippen LogP contribution in [0.15, 0.2) is 89.8 Å². The van der Waals surface area contributed by atoms with E-state index >= 15 is 0 Å². The summed E-state index contributed by atoms with van der Waals surface area (Å²) in [4.78, 5) is 27.0. The highest BCUT2D eigenvalue weighted by atomic mass is 32.2. The fraction of sp³-hybridized carbons (Fsp3) is 0.286. The molecule has 0 saturated carbocycles. The van der Waals surface area contributed by atoms with Gasteiger partial charge in [-0.05, 0) is 68.3 Å². The standard InChI is InChI=1S/C28H30N2O6S/c1-2-35-28(32)22-17-19-29(20-18-22)27(31)21-30(37(33,34)26-11-7-4-8-12-26)23-13-15-25(16-14-23)36-24-9-5-3-6-10-24/h3-16,22H,2,17-21H2,1H3. The van der Waals surface area contributed by atoms with E-state index in [9.17, 15) is 18.0 Å². The van der Waals surface area contributed by atoms with Crippen LogP contribution in [0.25, 0.3) is 0 Å². The van der Waals surface area contributed by atoms with E-state index < -0.39 is 10.0 Å². The maximum absolute atomic E-state index is 13.6. The predicted octanol–water partition coefficient (Wildman–Crippen LogP) is 4.48. The Morgan fingerprint density at radius 3 is 2.03 bits per heavy atom. The van der Waals surface area contributed by atoms with Gasteiger partial charge in [0.1, 0.15) is 18.0 Å². The zero-order valence-corrected chi connectivity index (χ0v) is 21.5. The van der Waals surface area contributed by atoms with Crippen molar-refractivity contribution in [2.45, 2.75) is 24.7 Å². The van der Waals surface area contributed by atoms with Crippen molar-refractivity contribution in [1.82, 2.24) is 4.90 Å². The Labute approximate surface area is 217 Å². The molecular formula is C28H30N2O6S. The first kappa shape index (κ1) is 26.2. The number of esters is 1. The summed E-state index contributed by atoms with van der Waals surface area (Å²) in [7, 11) is -4.02. The van der Waals surface area contributed by atoms with Gasteiger partial charge in [-0.1, -0.05) is 36.4 Å². The van der Waals surface area contributed by atoms with Crippen LogP contribution in [0.4, 0.5) is 5.69 Å². The highest BCUT2D eigenvalue weighted by Gasteiger charge is 2.32. The summed E-state index contributed by atoms with van der Waals surface area (Å²) in [6, 6.07) is 23.9. The number of carbonyl (C=O) groups is 2. The zero-order valence-electron chi connectivity index (χ0n) is 20.7. The van der Waals surface area contributed by atoms with Gasteiger partial charge in [-0.3, -0.25) is 13.9 Å². The molecule has 1 aliphatic heterocycles. The minimum atomic E-state index is -4.02. The Bertz CT molecular complexity index is 1290. The number of ether oxygens (including phenoxy) is 2. The highest BCUT2D eigenvalue weighted by Crippen LogP contribution is 2.28. The molecule has 8 nitrogen and oxygen atoms in total. The Kier molecular flexibility index (Phi) is 8.45. The zero-order chi connectivity index (χ0) is 26.3. The van der Waals surface area contributed by atoms with E-state index in [4.69, 9.17) is 9.47 Å². The number of para-hydroxylation sites is 1. The molecule has 194 valence electrons. The quantitative estimate of drug-likeness (QED) is 0.385. The van der Waals surface area contributed by atoms with Crippen LogP contribution in [-0.2, 0) is 24.3 Å². The molecule has 1 amide bonds. The molecular weight excluding hydrogens is 492 g/mol. The molecule has 0 N–H and O–H groups in total. The van der Waals surface area contributed by atoms with Crippen LogP contribution in [0.5, 0.6) is 11.5 Å². The van der Waals surface area contributed by atoms with E-state index in [1.165, 1.54) is 12.1 Å². The lowest BCUT2D eigenvalue weighted by Gasteiger charge is -2.33. The van der Waals surface area contributed by atoms with E-state index in [1.807, 2.05) is 30.3 Å². The van der Waals surface area contributed by atoms with E-state index in [0.29, 0.717) is 49.7 Å². The van der Waals surface area contributed by atoms with Gasteiger partial charge in [0.15, 0.2) is 0 Å². The number of nitrogens with zero attached hydrogens (tertiary/aromatic N) is 2. The van der Waals surface area contributed by atoms with Crippen LogP contribution in [0, 0.1) is 5.92 Å². The third kappa shape index (κ3) is 6.48. The maximum Gasteiger partial charge on any atom is 0.309 e. The van der Waals surface area contributed by atoms with Gasteiger partial charge in [-0.25, -0.2) is 8.42 Å². The number of carbonyl (C=O) groups excluding carboxylic acids is 2. The number of anilines is 1. The number of hydrogen-bond acceptors (Lipinski definition) is 6. The topological polar surface area (TPSA) is 93.2 Å². The van der Waals surface area contributed by atoms with E-state index in [2.05, 4.69) is 0 Å². The molecule has 37 heavy (non-hydrogen) atoms. The molecule has 0 radical (unpaired) electrons. The fourth-order valence-corrected chi connectivity index (χ4v) is 5.62. The summed E-state index contributed by atoms with van der Waals surface area (Å²) in [5.74, 6) is 0.377. The van der Waals surface area contributed by atoms with Gasteiger partial charge < -0.3 is 14.4 Å². The second-order valence-corrected chi connectivity index (χ2v) is 10.5. The molecule has 0 atom stereocenters. The van der Waals surface area contributed by atoms with Crippen molar-refractivity contribution in [2.75, 3.05) is 30.5 Å². The molecule has 3 aromatic carbocycles. The lowest BCUT2D eigenvalue weighted by atomic mass is 9.97. The number of piperidine rings is 1. The summed E-state index contributed by atoms with van der Waals surface area (Å²) >= 11 is 0. The highest BCUT2D eigenvalue weighted by molar-refractivity contribution is 7.92. The Hall–Kier alpha value is -3.85. The van der Waals surface area contributed by atoms with E-state index in [-0.39, 0.29) is 29.2 Å². The molecule has 0 aliphatic carbocycles. The minimum Gasteiger partial charge on any atom is -0.466 e. The first-order chi connectivity index (χ1) is 17.9. The number of benzene rings is 3. The molecule has 4 rings (SSSR count). The average molecular weight is 523 g/mol. The van der Waals surface area contributed by atoms with E-state index in [0.717, 1.165) is 4.31 Å². The lowest BCUT2D eigenvalue weighted by molar-refractivity contribution is -0.151. The fourth-order valence-electron chi connectivity index (χ4n) is 4.19. The average Bonchev–Trinajstić information content (AvgIpc) is 2.93. The molecule has 0 aromatic heterocycles. The minimum absolute atomic E-state index is 0.0911. The van der Waals surface area contributed by atoms with Crippen LogP contribution in [0.3, 0.4) is 0 Å². The van der Waals surface area contributed by atoms with Crippen molar-refractivity contribution in [3.8, 4) is 11.5 Å². The third-order valence-electron chi connectivity index (χ3n) is 6.18. The first-order valence-electron chi connectivity index (χ1n) is 12.2. The lowest BCUT2D eigenvalue weighted by Crippen LogP contribution is -2.46. The molecule has 1 aliphatic rings. The molecule has 1 fully saturated rings. The largest absolute Gasteiger partial charge is 0.466 e. The maximum atomic E-state index is 13.6. The van der Waals surface area contributed by atoms with Gasteiger partial charge in [0.25, 0.3) is 10.0 Å². The molecule has 1 saturated heterocycles. The normalized spacial score (nSPS) is 14.1. The molecule has 1 heterocycles. The van der Waals surface area contributed by atoms with Crippen LogP contribution < -0.4 is 9.04 Å². The van der Waals surface area contributed by atoms with Crippen LogP contribution in [0.1, 0.15) is 19.8 Å². The van der Waals surface area contributed by atoms with Crippen molar-refractivity contribution in [3.05, 3.63) is 84.9 Å². The summed E-state index contributed by atoms with van der Waals surface area (Å²) in [5.41, 5.74) is 0.346. The van der Waals surface area contributed by atoms with Crippen molar-refractivity contribution < 1.29 is 27.5 Å². The van der Waals surface area contributed by atoms with Gasteiger partial charge in [0.05, 0.1) is 23.1 Å².